The molecule has 2 saturated heterocycles. The Hall–Kier alpha value is -1.78. The number of hydrogen-bond donors (Lipinski definition) is 1. The fourth-order valence-corrected chi connectivity index (χ4v) is 4.84. The molecule has 1 aromatic heterocycles. The number of rotatable bonds is 3. The van der Waals surface area contributed by atoms with Crippen molar-refractivity contribution in [1.29, 1.82) is 0 Å². The molecule has 27 heavy (non-hydrogen) atoms. The van der Waals surface area contributed by atoms with Gasteiger partial charge in [-0.25, -0.2) is 13.4 Å². The van der Waals surface area contributed by atoms with E-state index in [4.69, 9.17) is 4.74 Å². The van der Waals surface area contributed by atoms with E-state index < -0.39 is 10.0 Å². The van der Waals surface area contributed by atoms with Gasteiger partial charge in [-0.05, 0) is 19.3 Å². The predicted octanol–water partition coefficient (Wildman–Crippen LogP) is -0.417. The van der Waals surface area contributed by atoms with E-state index in [0.29, 0.717) is 49.7 Å². The van der Waals surface area contributed by atoms with Gasteiger partial charge in [0.1, 0.15) is 11.9 Å². The van der Waals surface area contributed by atoms with Crippen LogP contribution in [0.1, 0.15) is 42.3 Å². The Kier molecular flexibility index (Phi) is 4.81. The second-order valence-corrected chi connectivity index (χ2v) is 9.48. The topological polar surface area (TPSA) is 113 Å². The first-order valence-electron chi connectivity index (χ1n) is 9.30. The van der Waals surface area contributed by atoms with Crippen LogP contribution in [0.25, 0.3) is 0 Å². The third kappa shape index (κ3) is 3.65. The minimum absolute atomic E-state index is 0.0127. The van der Waals surface area contributed by atoms with Gasteiger partial charge in [0.15, 0.2) is 0 Å². The van der Waals surface area contributed by atoms with E-state index in [9.17, 15) is 18.0 Å². The molecule has 4 rings (SSSR count). The van der Waals surface area contributed by atoms with Crippen molar-refractivity contribution in [1.82, 2.24) is 19.2 Å². The third-order valence-corrected chi connectivity index (χ3v) is 6.86. The third-order valence-electron chi connectivity index (χ3n) is 5.61. The number of likely N-dealkylation sites (tertiary alicyclic amines) is 1. The summed E-state index contributed by atoms with van der Waals surface area (Å²) in [5.41, 5.74) is 0.797. The molecule has 0 bridgehead atoms. The fraction of sp³-hybridized carbons (Fsp3) is 0.706. The Morgan fingerprint density at radius 1 is 1.30 bits per heavy atom. The smallest absolute Gasteiger partial charge is 0.255 e. The van der Waals surface area contributed by atoms with Crippen molar-refractivity contribution in [2.45, 2.75) is 44.2 Å². The number of aromatic nitrogens is 2. The van der Waals surface area contributed by atoms with E-state index in [1.54, 1.807) is 4.90 Å². The first-order chi connectivity index (χ1) is 12.8. The molecule has 0 aliphatic carbocycles. The van der Waals surface area contributed by atoms with Crippen LogP contribution in [0.5, 0.6) is 0 Å². The van der Waals surface area contributed by atoms with Crippen LogP contribution in [-0.2, 0) is 32.5 Å². The zero-order valence-corrected chi connectivity index (χ0v) is 16.1. The highest BCUT2D eigenvalue weighted by Crippen LogP contribution is 2.27. The molecule has 148 valence electrons. The van der Waals surface area contributed by atoms with E-state index in [1.807, 2.05) is 0 Å². The first kappa shape index (κ1) is 18.6. The Morgan fingerprint density at radius 3 is 2.81 bits per heavy atom. The molecule has 0 unspecified atom stereocenters. The molecular weight excluding hydrogens is 372 g/mol. The molecule has 1 N–H and O–H groups in total. The molecule has 2 fully saturated rings. The van der Waals surface area contributed by atoms with Crippen molar-refractivity contribution in [3.05, 3.63) is 27.4 Å². The molecule has 0 spiro atoms. The molecule has 9 nitrogen and oxygen atoms in total. The molecule has 0 saturated carbocycles. The van der Waals surface area contributed by atoms with Crippen LogP contribution in [-0.4, -0.2) is 72.1 Å². The average molecular weight is 396 g/mol. The number of fused-ring (bicyclic) bond motifs is 1. The normalized spacial score (nSPS) is 26.3. The Balaban J connectivity index is 1.50. The van der Waals surface area contributed by atoms with Gasteiger partial charge in [-0.1, -0.05) is 0 Å². The van der Waals surface area contributed by atoms with Crippen LogP contribution >= 0.6 is 0 Å². The van der Waals surface area contributed by atoms with Gasteiger partial charge in [0.05, 0.1) is 17.5 Å². The van der Waals surface area contributed by atoms with Gasteiger partial charge >= 0.3 is 0 Å². The predicted molar refractivity (Wildman–Crippen MR) is 96.7 cm³/mol. The van der Waals surface area contributed by atoms with Crippen LogP contribution in [0, 0.1) is 0 Å². The molecule has 3 aliphatic heterocycles. The Bertz CT molecular complexity index is 906. The molecular formula is C17H24N4O5S. The maximum atomic E-state index is 12.5. The molecule has 2 atom stereocenters. The Morgan fingerprint density at radius 2 is 2.11 bits per heavy atom. The first-order valence-corrected chi connectivity index (χ1v) is 11.2. The number of nitrogens with zero attached hydrogens (tertiary/aromatic N) is 3. The lowest BCUT2D eigenvalue weighted by Crippen LogP contribution is -2.39. The van der Waals surface area contributed by atoms with E-state index in [-0.39, 0.29) is 30.0 Å². The fourth-order valence-electron chi connectivity index (χ4n) is 4.06. The summed E-state index contributed by atoms with van der Waals surface area (Å²) < 4.78 is 30.3. The highest BCUT2D eigenvalue weighted by atomic mass is 32.2. The number of H-pyrrole nitrogens is 1. The maximum absolute atomic E-state index is 12.5. The monoisotopic (exact) mass is 396 g/mol. The summed E-state index contributed by atoms with van der Waals surface area (Å²) in [5, 5.41) is 0. The summed E-state index contributed by atoms with van der Waals surface area (Å²) in [6, 6.07) is 0. The number of aromatic amines is 1. The lowest BCUT2D eigenvalue weighted by molar-refractivity contribution is -0.139. The maximum Gasteiger partial charge on any atom is 0.255 e. The number of carbonyl (C=O) groups excluding carboxylic acids is 1. The molecule has 10 heteroatoms. The van der Waals surface area contributed by atoms with E-state index in [0.717, 1.165) is 25.5 Å². The largest absolute Gasteiger partial charge is 0.368 e. The minimum atomic E-state index is -3.34. The summed E-state index contributed by atoms with van der Waals surface area (Å²) in [4.78, 5) is 34.3. The second kappa shape index (κ2) is 6.99. The van der Waals surface area contributed by atoms with Crippen molar-refractivity contribution in [3.8, 4) is 0 Å². The lowest BCUT2D eigenvalue weighted by atomic mass is 10.1. The molecule has 0 radical (unpaired) electrons. The quantitative estimate of drug-likeness (QED) is 0.743. The zero-order valence-electron chi connectivity index (χ0n) is 15.3. The highest BCUT2D eigenvalue weighted by Gasteiger charge is 2.35. The van der Waals surface area contributed by atoms with Gasteiger partial charge in [-0.3, -0.25) is 9.59 Å². The standard InChI is InChI=1S/C17H24N4O5S/c1-27(24,25)21-7-5-13-12(10-21)16(22)19-15(18-13)11-4-6-20(9-11)17(23)14-3-2-8-26-14/h11,14H,2-10H2,1H3,(H,18,19,22)/t11-,14+/m0/s1. The summed E-state index contributed by atoms with van der Waals surface area (Å²) >= 11 is 0. The van der Waals surface area contributed by atoms with Crippen molar-refractivity contribution >= 4 is 15.9 Å². The summed E-state index contributed by atoms with van der Waals surface area (Å²) in [6.45, 7) is 2.18. The highest BCUT2D eigenvalue weighted by molar-refractivity contribution is 7.88. The molecule has 3 aliphatic rings. The number of hydrogen-bond acceptors (Lipinski definition) is 6. The van der Waals surface area contributed by atoms with Crippen molar-refractivity contribution in [3.63, 3.8) is 0 Å². The van der Waals surface area contributed by atoms with Crippen LogP contribution in [0.4, 0.5) is 0 Å². The van der Waals surface area contributed by atoms with Crippen molar-refractivity contribution in [2.75, 3.05) is 32.5 Å². The van der Waals surface area contributed by atoms with E-state index >= 15 is 0 Å². The molecule has 0 aromatic carbocycles. The van der Waals surface area contributed by atoms with Gasteiger partial charge in [0, 0.05) is 45.1 Å². The van der Waals surface area contributed by atoms with Gasteiger partial charge < -0.3 is 14.6 Å². The number of sulfonamides is 1. The molecule has 1 aromatic rings. The molecule has 4 heterocycles. The van der Waals surface area contributed by atoms with Crippen LogP contribution < -0.4 is 5.56 Å². The van der Waals surface area contributed by atoms with Crippen LogP contribution in [0.3, 0.4) is 0 Å². The van der Waals surface area contributed by atoms with E-state index in [2.05, 4.69) is 9.97 Å². The minimum Gasteiger partial charge on any atom is -0.368 e. The Labute approximate surface area is 157 Å². The van der Waals surface area contributed by atoms with Crippen molar-refractivity contribution in [2.24, 2.45) is 0 Å². The lowest BCUT2D eigenvalue weighted by Gasteiger charge is -2.26. The summed E-state index contributed by atoms with van der Waals surface area (Å²) in [5.74, 6) is 0.606. The average Bonchev–Trinajstić information content (AvgIpc) is 3.32. The number of nitrogens with one attached hydrogen (secondary N) is 1. The number of amides is 1. The van der Waals surface area contributed by atoms with E-state index in [1.165, 1.54) is 4.31 Å². The van der Waals surface area contributed by atoms with Gasteiger partial charge in [0.25, 0.3) is 11.5 Å². The SMILES string of the molecule is CS(=O)(=O)N1CCc2nc([C@H]3CCN(C(=O)[C@H]4CCCO4)C3)[nH]c(=O)c2C1. The number of ether oxygens (including phenoxy) is 1. The summed E-state index contributed by atoms with van der Waals surface area (Å²) in [7, 11) is -3.34. The van der Waals surface area contributed by atoms with Gasteiger partial charge in [0.2, 0.25) is 10.0 Å². The molecule has 1 amide bonds. The second-order valence-electron chi connectivity index (χ2n) is 7.49. The van der Waals surface area contributed by atoms with Crippen LogP contribution in [0.15, 0.2) is 4.79 Å². The van der Waals surface area contributed by atoms with Crippen molar-refractivity contribution < 1.29 is 17.9 Å². The van der Waals surface area contributed by atoms with Crippen LogP contribution in [0.2, 0.25) is 0 Å². The summed E-state index contributed by atoms with van der Waals surface area (Å²) in [6.07, 6.45) is 3.66. The zero-order chi connectivity index (χ0) is 19.2. The van der Waals surface area contributed by atoms with Gasteiger partial charge in [-0.2, -0.15) is 4.31 Å². The van der Waals surface area contributed by atoms with Gasteiger partial charge in [-0.15, -0.1) is 0 Å². The number of carbonyl (C=O) groups is 1.